The fourth-order valence-corrected chi connectivity index (χ4v) is 4.96. The van der Waals surface area contributed by atoms with E-state index in [1.54, 1.807) is 43.5 Å². The summed E-state index contributed by atoms with van der Waals surface area (Å²) in [4.78, 5) is 42.8. The zero-order chi connectivity index (χ0) is 35.8. The van der Waals surface area contributed by atoms with Crippen LogP contribution in [0.2, 0.25) is 0 Å². The topological polar surface area (TPSA) is 150 Å². The van der Waals surface area contributed by atoms with Crippen molar-refractivity contribution in [3.8, 4) is 0 Å². The Kier molecular flexibility index (Phi) is 11.8. The first-order chi connectivity index (χ1) is 23.1. The van der Waals surface area contributed by atoms with E-state index >= 15 is 0 Å². The van der Waals surface area contributed by atoms with Crippen molar-refractivity contribution >= 4 is 41.0 Å². The zero-order valence-corrected chi connectivity index (χ0v) is 27.9. The van der Waals surface area contributed by atoms with Gasteiger partial charge in [0.15, 0.2) is 6.29 Å². The molecule has 0 radical (unpaired) electrons. The minimum atomic E-state index is -4.59. The Morgan fingerprint density at radius 2 is 1.59 bits per heavy atom. The fourth-order valence-electron chi connectivity index (χ4n) is 4.96. The molecule has 3 aromatic carbocycles. The number of aryl methyl sites for hydroxylation is 1. The number of allylic oxidation sites excluding steroid dienone is 1. The van der Waals surface area contributed by atoms with E-state index in [4.69, 9.17) is 5.73 Å². The first kappa shape index (κ1) is 36.7. The normalized spacial score (nSPS) is 15.0. The van der Waals surface area contributed by atoms with Crippen LogP contribution in [-0.2, 0) is 11.0 Å². The third kappa shape index (κ3) is 11.2. The largest absolute Gasteiger partial charge is 0.416 e. The molecule has 1 aliphatic heterocycles. The molecular formula is C36H42F3N7O3. The van der Waals surface area contributed by atoms with Gasteiger partial charge in [-0.1, -0.05) is 51.8 Å². The van der Waals surface area contributed by atoms with E-state index in [9.17, 15) is 27.6 Å². The molecule has 2 atom stereocenters. The van der Waals surface area contributed by atoms with E-state index in [1.807, 2.05) is 6.07 Å². The highest BCUT2D eigenvalue weighted by Gasteiger charge is 2.31. The molecule has 1 aliphatic rings. The average molecular weight is 678 g/mol. The first-order valence-corrected chi connectivity index (χ1v) is 15.9. The first-order valence-electron chi connectivity index (χ1n) is 15.9. The highest BCUT2D eigenvalue weighted by Crippen LogP contribution is 2.30. The summed E-state index contributed by atoms with van der Waals surface area (Å²) < 4.78 is 39.2. The third-order valence-electron chi connectivity index (χ3n) is 7.67. The van der Waals surface area contributed by atoms with Crippen molar-refractivity contribution in [1.29, 1.82) is 0 Å². The van der Waals surface area contributed by atoms with Crippen LogP contribution in [-0.4, -0.2) is 36.3 Å². The van der Waals surface area contributed by atoms with Gasteiger partial charge in [0.1, 0.15) is 0 Å². The van der Waals surface area contributed by atoms with Crippen LogP contribution in [0.5, 0.6) is 0 Å². The summed E-state index contributed by atoms with van der Waals surface area (Å²) in [6.07, 6.45) is 1.47. The quantitative estimate of drug-likeness (QED) is 0.116. The van der Waals surface area contributed by atoms with Gasteiger partial charge < -0.3 is 32.3 Å². The molecule has 0 saturated carbocycles. The van der Waals surface area contributed by atoms with Crippen LogP contribution in [0.1, 0.15) is 78.3 Å². The van der Waals surface area contributed by atoms with Gasteiger partial charge >= 0.3 is 6.18 Å². The van der Waals surface area contributed by atoms with Gasteiger partial charge in [0.05, 0.1) is 23.5 Å². The molecule has 1 heterocycles. The number of nitrogens with two attached hydrogens (primary N) is 1. The number of aliphatic imine (C=N–C) groups is 1. The van der Waals surface area contributed by atoms with Crippen LogP contribution in [0.4, 0.5) is 30.2 Å². The maximum absolute atomic E-state index is 13.1. The maximum Gasteiger partial charge on any atom is 0.416 e. The summed E-state index contributed by atoms with van der Waals surface area (Å²) in [5.41, 5.74) is 8.02. The lowest BCUT2D eigenvalue weighted by Gasteiger charge is -2.21. The van der Waals surface area contributed by atoms with E-state index in [1.165, 1.54) is 18.3 Å². The zero-order valence-electron chi connectivity index (χ0n) is 27.9. The molecule has 3 amide bonds. The number of hydrogen-bond donors (Lipinski definition) is 6. The van der Waals surface area contributed by atoms with Crippen LogP contribution < -0.4 is 32.3 Å². The molecule has 10 nitrogen and oxygen atoms in total. The minimum absolute atomic E-state index is 0.169. The number of carbonyl (C=O) groups is 3. The summed E-state index contributed by atoms with van der Waals surface area (Å²) >= 11 is 0. The van der Waals surface area contributed by atoms with Gasteiger partial charge in [0, 0.05) is 34.4 Å². The van der Waals surface area contributed by atoms with Crippen molar-refractivity contribution in [2.24, 2.45) is 16.1 Å². The number of nitrogens with one attached hydrogen (secondary N) is 5. The summed E-state index contributed by atoms with van der Waals surface area (Å²) in [6.45, 7) is 8.28. The van der Waals surface area contributed by atoms with Crippen molar-refractivity contribution in [1.82, 2.24) is 10.6 Å². The Labute approximate surface area is 283 Å². The number of halogens is 3. The summed E-state index contributed by atoms with van der Waals surface area (Å²) in [5, 5.41) is 14.4. The molecule has 0 bridgehead atoms. The molecule has 7 N–H and O–H groups in total. The van der Waals surface area contributed by atoms with E-state index < -0.39 is 35.9 Å². The number of hydrogen-bond acceptors (Lipinski definition) is 7. The lowest BCUT2D eigenvalue weighted by molar-refractivity contribution is -0.137. The Hall–Kier alpha value is -5.17. The Morgan fingerprint density at radius 1 is 0.878 bits per heavy atom. The lowest BCUT2D eigenvalue weighted by atomic mass is 9.89. The molecule has 0 saturated heterocycles. The van der Waals surface area contributed by atoms with Crippen LogP contribution in [0.15, 0.2) is 83.6 Å². The van der Waals surface area contributed by atoms with Crippen LogP contribution in [0.25, 0.3) is 0 Å². The molecule has 260 valence electrons. The van der Waals surface area contributed by atoms with E-state index in [0.717, 1.165) is 37.5 Å². The SMILES string of the molecule is Cc1ccc(NC(=O)c2cccc(C(F)(F)F)c2)cc1C(=O)NC1=CNC(Nc2cccc(NC(=O)[C@@H](N)CCCCC(C)(C)C)c2)N=C1. The van der Waals surface area contributed by atoms with Crippen molar-refractivity contribution in [2.45, 2.75) is 71.9 Å². The van der Waals surface area contributed by atoms with Gasteiger partial charge in [-0.2, -0.15) is 13.2 Å². The Balaban J connectivity index is 1.29. The monoisotopic (exact) mass is 677 g/mol. The van der Waals surface area contributed by atoms with Gasteiger partial charge in [-0.15, -0.1) is 0 Å². The second-order valence-electron chi connectivity index (χ2n) is 13.1. The number of alkyl halides is 3. The van der Waals surface area contributed by atoms with E-state index in [-0.39, 0.29) is 28.1 Å². The summed E-state index contributed by atoms with van der Waals surface area (Å²) in [5.74, 6) is -1.47. The molecule has 0 spiro atoms. The number of unbranched alkanes of at least 4 members (excludes halogenated alkanes) is 1. The molecule has 0 fully saturated rings. The number of amides is 3. The lowest BCUT2D eigenvalue weighted by Crippen LogP contribution is -2.37. The molecule has 3 aromatic rings. The van der Waals surface area contributed by atoms with Crippen LogP contribution >= 0.6 is 0 Å². The standard InChI is InChI=1S/C36H42F3N7O3/c1-22-14-15-27(43-31(47)23-9-7-10-24(17-23)36(37,38)39)19-29(22)32(48)45-28-20-41-34(42-21-28)46-26-12-8-11-25(18-26)44-33(49)30(40)13-5-6-16-35(2,3)4/h7-12,14-15,17-21,30,34,41,46H,5-6,13,16,40H2,1-4H3,(H,43,47)(H,44,49)(H,45,48)/t30-,34?/m0/s1. The van der Waals surface area contributed by atoms with E-state index in [2.05, 4.69) is 52.3 Å². The van der Waals surface area contributed by atoms with Crippen LogP contribution in [0.3, 0.4) is 0 Å². The Bertz CT molecular complexity index is 1730. The summed E-state index contributed by atoms with van der Waals surface area (Å²) in [6, 6.07) is 15.3. The second kappa shape index (κ2) is 15.8. The van der Waals surface area contributed by atoms with Gasteiger partial charge in [-0.25, -0.2) is 4.99 Å². The minimum Gasteiger partial charge on any atom is -0.351 e. The molecule has 0 aliphatic carbocycles. The highest BCUT2D eigenvalue weighted by molar-refractivity contribution is 6.06. The van der Waals surface area contributed by atoms with Crippen molar-refractivity contribution in [2.75, 3.05) is 16.0 Å². The molecule has 0 aromatic heterocycles. The number of benzene rings is 3. The molecular weight excluding hydrogens is 635 g/mol. The number of nitrogens with zero attached hydrogens (tertiary/aromatic N) is 1. The number of anilines is 3. The number of rotatable bonds is 12. The Morgan fingerprint density at radius 3 is 2.29 bits per heavy atom. The second-order valence-corrected chi connectivity index (χ2v) is 13.1. The summed E-state index contributed by atoms with van der Waals surface area (Å²) in [7, 11) is 0. The van der Waals surface area contributed by atoms with Crippen LogP contribution in [0, 0.1) is 12.3 Å². The molecule has 4 rings (SSSR count). The predicted octanol–water partition coefficient (Wildman–Crippen LogP) is 6.78. The maximum atomic E-state index is 13.1. The van der Waals surface area contributed by atoms with Gasteiger partial charge in [0.25, 0.3) is 11.8 Å². The van der Waals surface area contributed by atoms with Gasteiger partial charge in [0.2, 0.25) is 5.91 Å². The predicted molar refractivity (Wildman–Crippen MR) is 186 cm³/mol. The molecule has 49 heavy (non-hydrogen) atoms. The van der Waals surface area contributed by atoms with Crippen molar-refractivity contribution < 1.29 is 27.6 Å². The van der Waals surface area contributed by atoms with Gasteiger partial charge in [-0.05, 0) is 79.3 Å². The smallest absolute Gasteiger partial charge is 0.351 e. The van der Waals surface area contributed by atoms with E-state index in [0.29, 0.717) is 29.1 Å². The average Bonchev–Trinajstić information content (AvgIpc) is 3.04. The fraction of sp³-hybridized carbons (Fsp3) is 0.333. The number of carbonyl (C=O) groups excluding carboxylic acids is 3. The highest BCUT2D eigenvalue weighted by atomic mass is 19.4. The third-order valence-corrected chi connectivity index (χ3v) is 7.67. The molecule has 1 unspecified atom stereocenters. The van der Waals surface area contributed by atoms with Crippen molar-refractivity contribution in [3.05, 3.63) is 101 Å². The molecule has 13 heteroatoms. The van der Waals surface area contributed by atoms with Gasteiger partial charge in [-0.3, -0.25) is 14.4 Å². The van der Waals surface area contributed by atoms with Crippen molar-refractivity contribution in [3.63, 3.8) is 0 Å².